The topological polar surface area (TPSA) is 910 Å². The molecule has 0 aliphatic heterocycles. The van der Waals surface area contributed by atoms with Crippen LogP contribution in [-0.4, -0.2) is 231 Å². The molecule has 0 aromatic heterocycles. The van der Waals surface area contributed by atoms with Gasteiger partial charge in [-0.2, -0.15) is 0 Å². The minimum atomic E-state index is -1.36. The van der Waals surface area contributed by atoms with Gasteiger partial charge in [0.15, 0.2) is 57.5 Å². The van der Waals surface area contributed by atoms with Crippen LogP contribution in [0.3, 0.4) is 0 Å². The highest BCUT2D eigenvalue weighted by Crippen LogP contribution is 2.40. The van der Waals surface area contributed by atoms with Crippen LogP contribution in [0.15, 0.2) is 249 Å². The van der Waals surface area contributed by atoms with Gasteiger partial charge in [-0.15, -0.1) is 0 Å². The molecule has 0 radical (unpaired) electrons. The number of aromatic carboxylic acids is 7. The number of phenols is 22. The molecular formula is C98H77N7O43. The summed E-state index contributed by atoms with van der Waals surface area (Å²) in [6.45, 7) is 0. The Morgan fingerprint density at radius 1 is 0.142 bits per heavy atom. The van der Waals surface area contributed by atoms with Gasteiger partial charge in [-0.3, -0.25) is 33.6 Å². The van der Waals surface area contributed by atoms with Crippen LogP contribution >= 0.6 is 0 Å². The summed E-state index contributed by atoms with van der Waals surface area (Å²) in [4.78, 5) is 161. The fourth-order valence-electron chi connectivity index (χ4n) is 12.0. The van der Waals surface area contributed by atoms with E-state index in [1.54, 1.807) is 12.1 Å². The number of carboxylic acid groups (broad SMARTS) is 7. The predicted octanol–water partition coefficient (Wildman–Crippen LogP) is 12.0. The Morgan fingerprint density at radius 2 is 0.345 bits per heavy atom. The molecule has 0 spiro atoms. The molecule has 36 N–H and O–H groups in total. The fraction of sp³-hybridized carbons (Fsp3) is 0. The predicted molar refractivity (Wildman–Crippen MR) is 511 cm³/mol. The number of hydrogen-bond donors (Lipinski definition) is 36. The van der Waals surface area contributed by atoms with Crippen LogP contribution in [0.1, 0.15) is 145 Å². The number of benzene rings is 14. The maximum atomic E-state index is 12.0. The van der Waals surface area contributed by atoms with E-state index in [0.717, 1.165) is 127 Å². The highest BCUT2D eigenvalue weighted by molar-refractivity contribution is 6.15. The molecule has 0 atom stereocenters. The Morgan fingerprint density at radius 3 is 0.595 bits per heavy atom. The largest absolute Gasteiger partial charge is 0.508 e. The molecule has 0 heterocycles. The third-order valence-corrected chi connectivity index (χ3v) is 19.1. The summed E-state index contributed by atoms with van der Waals surface area (Å²) >= 11 is 0. The summed E-state index contributed by atoms with van der Waals surface area (Å²) in [6, 6.07) is 47.0. The molecule has 148 heavy (non-hydrogen) atoms. The standard InChI is InChI=1S/2C14H11NO7.4C14H11NO6.C14H11NO5/c16-7-1-2-9(8(5-7)14(21)22)15-13(20)6-3-10(17)12(19)11(18)4-6;16-7-1-2-8(14(21)22)9(5-7)15-13(20)6-3-10(17)12(19)11(18)4-6;16-8-2-3-10(9(6-8)14(20)21)15-13(19)7-1-4-11(17)12(18)5-7;16-8-2-3-9(14(20)21)10(6-8)15-13(19)7-1-4-11(17)12(18)5-7;16-7-2-4-11(10(5-7)14(20)21)15-13(19)9-3-1-8(17)6-12(9)18;16-7-1-3-9(14(20)21)11(5-7)15-13(19)10-4-2-8(17)6-12(10)18;16-8-5-6-9(14(19)20)11(7-8)15-13(18)10-3-1-2-4-12(10)17/h2*1-5,16-19H,(H,15,20)(H,21,22);4*1-6,16-18H,(H,15,19)(H,20,21);1-7,16-17H,(H,15,18)(H,19,20). The summed E-state index contributed by atoms with van der Waals surface area (Å²) < 4.78 is 0. The van der Waals surface area contributed by atoms with Crippen molar-refractivity contribution in [2.24, 2.45) is 0 Å². The number of aromatic hydroxyl groups is 22. The highest BCUT2D eigenvalue weighted by atomic mass is 16.4. The van der Waals surface area contributed by atoms with E-state index in [1.807, 2.05) is 0 Å². The van der Waals surface area contributed by atoms with Gasteiger partial charge in [0.1, 0.15) is 69.0 Å². The van der Waals surface area contributed by atoms with E-state index in [1.165, 1.54) is 109 Å². The van der Waals surface area contributed by atoms with Gasteiger partial charge in [0.2, 0.25) is 0 Å². The van der Waals surface area contributed by atoms with Crippen molar-refractivity contribution in [2.45, 2.75) is 0 Å². The highest BCUT2D eigenvalue weighted by Gasteiger charge is 2.26. The number of nitrogens with one attached hydrogen (secondary N) is 7. The number of carbonyl (C=O) groups excluding carboxylic acids is 7. The molecule has 0 fully saturated rings. The molecule has 0 saturated heterocycles. The average Bonchev–Trinajstić information content (AvgIpc) is 0.846. The molecule has 50 heteroatoms. The molecule has 14 aromatic carbocycles. The monoisotopic (exact) mass is 2040 g/mol. The van der Waals surface area contributed by atoms with Gasteiger partial charge in [-0.05, 0) is 200 Å². The van der Waals surface area contributed by atoms with Crippen molar-refractivity contribution in [3.05, 3.63) is 327 Å². The van der Waals surface area contributed by atoms with E-state index in [-0.39, 0.29) is 187 Å². The Labute approximate surface area is 824 Å². The van der Waals surface area contributed by atoms with Crippen LogP contribution in [0.5, 0.6) is 126 Å². The van der Waals surface area contributed by atoms with Crippen molar-refractivity contribution in [1.29, 1.82) is 0 Å². The molecule has 50 nitrogen and oxygen atoms in total. The summed E-state index contributed by atoms with van der Waals surface area (Å²) in [5.74, 6) is -23.5. The van der Waals surface area contributed by atoms with Crippen LogP contribution < -0.4 is 37.2 Å². The molecule has 0 saturated carbocycles. The Kier molecular flexibility index (Phi) is 36.6. The molecule has 0 unspecified atom stereocenters. The molecule has 0 aliphatic rings. The Hall–Kier alpha value is -22.7. The number of amides is 7. The molecular weight excluding hydrogens is 1960 g/mol. The second-order valence-corrected chi connectivity index (χ2v) is 29.5. The zero-order valence-electron chi connectivity index (χ0n) is 74.4. The van der Waals surface area contributed by atoms with Crippen LogP contribution in [0, 0.1) is 0 Å². The summed E-state index contributed by atoms with van der Waals surface area (Å²) in [7, 11) is 0. The van der Waals surface area contributed by atoms with E-state index in [9.17, 15) is 169 Å². The molecule has 14 aromatic rings. The van der Waals surface area contributed by atoms with Crippen molar-refractivity contribution in [3.8, 4) is 126 Å². The van der Waals surface area contributed by atoms with E-state index < -0.39 is 141 Å². The maximum Gasteiger partial charge on any atom is 0.337 e. The van der Waals surface area contributed by atoms with E-state index in [4.69, 9.17) is 46.0 Å². The minimum Gasteiger partial charge on any atom is -0.508 e. The third kappa shape index (κ3) is 30.1. The lowest BCUT2D eigenvalue weighted by molar-refractivity contribution is 0.0686. The SMILES string of the molecule is O=C(Nc1cc(O)ccc1C(=O)O)c1cc(O)c(O)c(O)c1.O=C(Nc1cc(O)ccc1C(=O)O)c1ccc(O)c(O)c1.O=C(Nc1cc(O)ccc1C(=O)O)c1ccc(O)cc1O.O=C(Nc1cc(O)ccc1C(=O)O)c1ccccc1O.O=C(Nc1ccc(O)cc1C(=O)O)c1cc(O)c(O)c(O)c1.O=C(Nc1ccc(O)cc1C(=O)O)c1ccc(O)c(O)c1.O=C(Nc1ccc(O)cc1C(=O)O)c1ccc(O)cc1O. The number of para-hydroxylation sites is 1. The number of carboxylic acids is 7. The first-order valence-corrected chi connectivity index (χ1v) is 40.6. The van der Waals surface area contributed by atoms with Crippen molar-refractivity contribution < 1.29 is 215 Å². The van der Waals surface area contributed by atoms with Gasteiger partial charge in [-0.1, -0.05) is 12.1 Å². The van der Waals surface area contributed by atoms with Crippen LogP contribution in [0.25, 0.3) is 0 Å². The van der Waals surface area contributed by atoms with E-state index in [2.05, 4.69) is 37.2 Å². The second-order valence-electron chi connectivity index (χ2n) is 29.5. The van der Waals surface area contributed by atoms with Gasteiger partial charge < -0.3 is 185 Å². The molecule has 0 bridgehead atoms. The molecule has 0 aliphatic carbocycles. The second kappa shape index (κ2) is 49.0. The lowest BCUT2D eigenvalue weighted by atomic mass is 10.1. The third-order valence-electron chi connectivity index (χ3n) is 19.1. The number of phenolic OH excluding ortho intramolecular Hbond substituents is 22. The van der Waals surface area contributed by atoms with Gasteiger partial charge in [-0.25, -0.2) is 33.6 Å². The number of hydrogen-bond acceptors (Lipinski definition) is 36. The van der Waals surface area contributed by atoms with Crippen LogP contribution in [0.4, 0.5) is 39.8 Å². The van der Waals surface area contributed by atoms with Gasteiger partial charge in [0.05, 0.1) is 95.4 Å². The summed E-state index contributed by atoms with van der Waals surface area (Å²) in [5.41, 5.74) is -2.85. The first-order chi connectivity index (χ1) is 69.6. The quantitative estimate of drug-likeness (QED) is 0.0235. The van der Waals surface area contributed by atoms with Crippen LogP contribution in [-0.2, 0) is 0 Å². The van der Waals surface area contributed by atoms with Crippen molar-refractivity contribution in [2.75, 3.05) is 37.2 Å². The zero-order valence-corrected chi connectivity index (χ0v) is 74.4. The first-order valence-electron chi connectivity index (χ1n) is 40.6. The summed E-state index contributed by atoms with van der Waals surface area (Å²) in [6.07, 6.45) is 0. The number of anilines is 7. The lowest BCUT2D eigenvalue weighted by Gasteiger charge is -2.10. The summed E-state index contributed by atoms with van der Waals surface area (Å²) in [5, 5.41) is 284. The normalized spacial score (nSPS) is 10.1. The van der Waals surface area contributed by atoms with Crippen LogP contribution in [0.2, 0.25) is 0 Å². The zero-order chi connectivity index (χ0) is 110. The van der Waals surface area contributed by atoms with Gasteiger partial charge in [0, 0.05) is 58.7 Å². The Balaban J connectivity index is 0.000000210. The first kappa shape index (κ1) is 111. The maximum absolute atomic E-state index is 12.0. The average molecular weight is 2040 g/mol. The van der Waals surface area contributed by atoms with E-state index >= 15 is 0 Å². The van der Waals surface area contributed by atoms with Crippen molar-refractivity contribution >= 4 is 123 Å². The molecule has 762 valence electrons. The molecule has 14 rings (SSSR count). The minimum absolute atomic E-state index is 0.00198. The number of carbonyl (C=O) groups is 14. The van der Waals surface area contributed by atoms with Gasteiger partial charge >= 0.3 is 41.8 Å². The van der Waals surface area contributed by atoms with Crippen molar-refractivity contribution in [1.82, 2.24) is 0 Å². The fourth-order valence-corrected chi connectivity index (χ4v) is 12.0. The van der Waals surface area contributed by atoms with Crippen molar-refractivity contribution in [3.63, 3.8) is 0 Å². The Bertz CT molecular complexity index is 7550. The lowest BCUT2D eigenvalue weighted by Crippen LogP contribution is -2.14. The molecule has 7 amide bonds. The number of rotatable bonds is 21. The smallest absolute Gasteiger partial charge is 0.337 e. The van der Waals surface area contributed by atoms with E-state index in [0.29, 0.717) is 0 Å². The van der Waals surface area contributed by atoms with Gasteiger partial charge in [0.25, 0.3) is 41.4 Å².